The maximum atomic E-state index is 12.6. The summed E-state index contributed by atoms with van der Waals surface area (Å²) in [6.45, 7) is 0. The number of aromatic nitrogens is 6. The maximum Gasteiger partial charge on any atom is 0.436 e. The van der Waals surface area contributed by atoms with Crippen LogP contribution in [-0.4, -0.2) is 42.1 Å². The van der Waals surface area contributed by atoms with Gasteiger partial charge in [-0.05, 0) is 12.1 Å². The smallest absolute Gasteiger partial charge is 0.436 e. The van der Waals surface area contributed by atoms with E-state index in [0.29, 0.717) is 22.4 Å². The molecule has 0 amide bonds. The molecule has 4 rings (SSSR count). The quantitative estimate of drug-likeness (QED) is 0.519. The number of para-hydroxylation sites is 1. The number of benzene rings is 1. The average molecular weight is 324 g/mol. The Morgan fingerprint density at radius 2 is 2.04 bits per heavy atom. The van der Waals surface area contributed by atoms with E-state index in [1.807, 2.05) is 18.2 Å². The van der Waals surface area contributed by atoms with Crippen LogP contribution < -0.4 is 5.56 Å². The Balaban J connectivity index is 2.12. The zero-order valence-electron chi connectivity index (χ0n) is 12.9. The number of carbonyl (C=O) groups excluding carboxylic acids is 1. The molecule has 0 unspecified atom stereocenters. The highest BCUT2D eigenvalue weighted by Crippen LogP contribution is 2.24. The van der Waals surface area contributed by atoms with Crippen LogP contribution in [0.4, 0.5) is 4.79 Å². The number of imidazole rings is 1. The summed E-state index contributed by atoms with van der Waals surface area (Å²) in [4.78, 5) is 28.8. The highest BCUT2D eigenvalue weighted by Gasteiger charge is 2.21. The second-order valence-corrected chi connectivity index (χ2v) is 5.17. The first-order chi connectivity index (χ1) is 11.6. The van der Waals surface area contributed by atoms with Crippen molar-refractivity contribution in [3.05, 3.63) is 47.1 Å². The Morgan fingerprint density at radius 1 is 1.25 bits per heavy atom. The summed E-state index contributed by atoms with van der Waals surface area (Å²) in [5, 5.41) is 8.04. The molecule has 3 heterocycles. The van der Waals surface area contributed by atoms with Gasteiger partial charge in [0.1, 0.15) is 23.4 Å². The molecule has 0 aliphatic rings. The van der Waals surface area contributed by atoms with Gasteiger partial charge in [0.25, 0.3) is 5.56 Å². The molecule has 1 aromatic carbocycles. The number of hydrogen-bond donors (Lipinski definition) is 0. The van der Waals surface area contributed by atoms with Gasteiger partial charge in [-0.1, -0.05) is 17.3 Å². The third-order valence-electron chi connectivity index (χ3n) is 3.90. The Bertz CT molecular complexity index is 1150. The SMILES string of the molecule is COC(=O)n1nncc1-c1ncn2c3ccccc3c(=O)n(C)c12. The van der Waals surface area contributed by atoms with Crippen LogP contribution in [0.3, 0.4) is 0 Å². The Kier molecular flexibility index (Phi) is 2.95. The summed E-state index contributed by atoms with van der Waals surface area (Å²) in [5.41, 5.74) is 1.86. The van der Waals surface area contributed by atoms with E-state index in [0.717, 1.165) is 10.2 Å². The molecule has 0 radical (unpaired) electrons. The minimum atomic E-state index is -0.686. The molecule has 9 heteroatoms. The summed E-state index contributed by atoms with van der Waals surface area (Å²) in [7, 11) is 2.91. The summed E-state index contributed by atoms with van der Waals surface area (Å²) in [6, 6.07) is 7.26. The zero-order valence-corrected chi connectivity index (χ0v) is 12.9. The molecule has 0 spiro atoms. The lowest BCUT2D eigenvalue weighted by Gasteiger charge is -2.08. The minimum absolute atomic E-state index is 0.156. The van der Waals surface area contributed by atoms with Crippen molar-refractivity contribution in [2.45, 2.75) is 0 Å². The molecule has 4 aromatic rings. The van der Waals surface area contributed by atoms with Crippen molar-refractivity contribution in [3.63, 3.8) is 0 Å². The monoisotopic (exact) mass is 324 g/mol. The van der Waals surface area contributed by atoms with Gasteiger partial charge in [0.05, 0.1) is 24.2 Å². The van der Waals surface area contributed by atoms with Gasteiger partial charge in [-0.25, -0.2) is 9.78 Å². The predicted molar refractivity (Wildman–Crippen MR) is 84.8 cm³/mol. The van der Waals surface area contributed by atoms with E-state index < -0.39 is 6.09 Å². The third kappa shape index (κ3) is 1.78. The van der Waals surface area contributed by atoms with Crippen molar-refractivity contribution < 1.29 is 9.53 Å². The Hall–Kier alpha value is -3.49. The summed E-state index contributed by atoms with van der Waals surface area (Å²) in [6.07, 6.45) is 2.31. The fourth-order valence-electron chi connectivity index (χ4n) is 2.78. The molecule has 0 bridgehead atoms. The number of methoxy groups -OCH3 is 1. The molecule has 9 nitrogen and oxygen atoms in total. The van der Waals surface area contributed by atoms with Crippen LogP contribution in [0.1, 0.15) is 0 Å². The molecule has 0 fully saturated rings. The third-order valence-corrected chi connectivity index (χ3v) is 3.90. The highest BCUT2D eigenvalue weighted by atomic mass is 16.5. The molecule has 0 saturated heterocycles. The van der Waals surface area contributed by atoms with Crippen molar-refractivity contribution in [2.24, 2.45) is 7.05 Å². The van der Waals surface area contributed by atoms with Gasteiger partial charge in [-0.15, -0.1) is 9.78 Å². The number of nitrogens with zero attached hydrogens (tertiary/aromatic N) is 6. The summed E-state index contributed by atoms with van der Waals surface area (Å²) in [5.74, 6) is 0. The lowest BCUT2D eigenvalue weighted by molar-refractivity contribution is 0.169. The van der Waals surface area contributed by atoms with Crippen molar-refractivity contribution in [1.29, 1.82) is 0 Å². The molecule has 0 N–H and O–H groups in total. The zero-order chi connectivity index (χ0) is 16.8. The van der Waals surface area contributed by atoms with Crippen LogP contribution in [0.2, 0.25) is 0 Å². The number of carbonyl (C=O) groups is 1. The van der Waals surface area contributed by atoms with Crippen LogP contribution in [0.25, 0.3) is 27.9 Å². The molecule has 24 heavy (non-hydrogen) atoms. The van der Waals surface area contributed by atoms with E-state index in [1.165, 1.54) is 17.9 Å². The first-order valence-corrected chi connectivity index (χ1v) is 7.07. The topological polar surface area (TPSA) is 96.3 Å². The standard InChI is InChI=1S/C15H12N6O3/c1-19-13-12(11-7-17-18-21(11)15(23)24-2)16-8-20(13)10-6-4-3-5-9(10)14(19)22/h3-8H,1-2H3. The van der Waals surface area contributed by atoms with Crippen LogP contribution in [-0.2, 0) is 11.8 Å². The number of ether oxygens (including phenoxy) is 1. The fraction of sp³-hybridized carbons (Fsp3) is 0.133. The number of fused-ring (bicyclic) bond motifs is 3. The molecule has 0 atom stereocenters. The van der Waals surface area contributed by atoms with Gasteiger partial charge in [0.15, 0.2) is 0 Å². The van der Waals surface area contributed by atoms with Gasteiger partial charge >= 0.3 is 6.09 Å². The van der Waals surface area contributed by atoms with Gasteiger partial charge in [-0.2, -0.15) is 0 Å². The van der Waals surface area contributed by atoms with E-state index in [1.54, 1.807) is 23.8 Å². The minimum Gasteiger partial charge on any atom is -0.451 e. The fourth-order valence-corrected chi connectivity index (χ4v) is 2.78. The van der Waals surface area contributed by atoms with Crippen molar-refractivity contribution in [3.8, 4) is 11.4 Å². The molecular formula is C15H12N6O3. The molecular weight excluding hydrogens is 312 g/mol. The number of hydrogen-bond acceptors (Lipinski definition) is 6. The molecule has 0 aliphatic carbocycles. The molecule has 0 aliphatic heterocycles. The summed E-state index contributed by atoms with van der Waals surface area (Å²) < 4.78 is 8.97. The van der Waals surface area contributed by atoms with E-state index in [-0.39, 0.29) is 5.56 Å². The lowest BCUT2D eigenvalue weighted by Crippen LogP contribution is -2.20. The van der Waals surface area contributed by atoms with Gasteiger partial charge < -0.3 is 4.74 Å². The lowest BCUT2D eigenvalue weighted by atomic mass is 10.2. The first kappa shape index (κ1) is 14.1. The highest BCUT2D eigenvalue weighted by molar-refractivity contribution is 5.86. The van der Waals surface area contributed by atoms with E-state index in [9.17, 15) is 9.59 Å². The Labute approximate surface area is 134 Å². The van der Waals surface area contributed by atoms with E-state index in [4.69, 9.17) is 0 Å². The van der Waals surface area contributed by atoms with Gasteiger partial charge in [0, 0.05) is 7.05 Å². The van der Waals surface area contributed by atoms with Crippen LogP contribution in [0.5, 0.6) is 0 Å². The van der Waals surface area contributed by atoms with E-state index >= 15 is 0 Å². The molecule has 3 aromatic heterocycles. The van der Waals surface area contributed by atoms with Crippen LogP contribution in [0, 0.1) is 0 Å². The molecule has 120 valence electrons. The van der Waals surface area contributed by atoms with Crippen LogP contribution in [0.15, 0.2) is 41.6 Å². The second kappa shape index (κ2) is 5.01. The summed E-state index contributed by atoms with van der Waals surface area (Å²) >= 11 is 0. The molecule has 0 saturated carbocycles. The average Bonchev–Trinajstić information content (AvgIpc) is 3.25. The van der Waals surface area contributed by atoms with Crippen molar-refractivity contribution in [1.82, 2.24) is 28.9 Å². The Morgan fingerprint density at radius 3 is 2.83 bits per heavy atom. The van der Waals surface area contributed by atoms with E-state index in [2.05, 4.69) is 20.0 Å². The first-order valence-electron chi connectivity index (χ1n) is 7.07. The normalized spacial score (nSPS) is 11.2. The largest absolute Gasteiger partial charge is 0.451 e. The van der Waals surface area contributed by atoms with Crippen molar-refractivity contribution >= 4 is 22.6 Å². The van der Waals surface area contributed by atoms with Gasteiger partial charge in [0.2, 0.25) is 0 Å². The maximum absolute atomic E-state index is 12.6. The predicted octanol–water partition coefficient (Wildman–Crippen LogP) is 1.06. The number of rotatable bonds is 1. The number of aryl methyl sites for hydroxylation is 1. The van der Waals surface area contributed by atoms with Gasteiger partial charge in [-0.3, -0.25) is 13.8 Å². The van der Waals surface area contributed by atoms with Crippen molar-refractivity contribution in [2.75, 3.05) is 7.11 Å². The second-order valence-electron chi connectivity index (χ2n) is 5.17. The van der Waals surface area contributed by atoms with Crippen LogP contribution >= 0.6 is 0 Å².